The predicted octanol–water partition coefficient (Wildman–Crippen LogP) is 1.43. The van der Waals surface area contributed by atoms with Crippen molar-refractivity contribution < 1.29 is 13.6 Å². The van der Waals surface area contributed by atoms with Crippen LogP contribution in [0, 0.1) is 6.92 Å². The van der Waals surface area contributed by atoms with Crippen molar-refractivity contribution in [1.29, 1.82) is 0 Å². The van der Waals surface area contributed by atoms with Crippen molar-refractivity contribution in [2.75, 3.05) is 0 Å². The highest BCUT2D eigenvalue weighted by molar-refractivity contribution is 5.74. The average Bonchev–Trinajstić information content (AvgIpc) is 2.07. The number of aromatic amines is 1. The van der Waals surface area contributed by atoms with Crippen molar-refractivity contribution >= 4 is 6.29 Å². The smallest absolute Gasteiger partial charge is 0.278 e. The third kappa shape index (κ3) is 1.80. The number of carbonyl (C=O) groups excluding carboxylic acids is 1. The van der Waals surface area contributed by atoms with E-state index in [9.17, 15) is 18.4 Å². The molecule has 0 amide bonds. The first kappa shape index (κ1) is 9.57. The maximum absolute atomic E-state index is 12.2. The summed E-state index contributed by atoms with van der Waals surface area (Å²) in [6.45, 7) is 1.41. The second-order valence-corrected chi connectivity index (χ2v) is 2.57. The van der Waals surface area contributed by atoms with Crippen LogP contribution in [0.5, 0.6) is 0 Å². The van der Waals surface area contributed by atoms with Crippen molar-refractivity contribution in [2.45, 2.75) is 13.3 Å². The number of pyridine rings is 1. The van der Waals surface area contributed by atoms with Crippen LogP contribution < -0.4 is 5.56 Å². The van der Waals surface area contributed by atoms with Crippen LogP contribution in [0.15, 0.2) is 10.9 Å². The number of halogens is 2. The highest BCUT2D eigenvalue weighted by Gasteiger charge is 2.13. The van der Waals surface area contributed by atoms with Crippen LogP contribution in [0.1, 0.15) is 28.0 Å². The zero-order valence-electron chi connectivity index (χ0n) is 6.80. The lowest BCUT2D eigenvalue weighted by atomic mass is 10.1. The molecular weight excluding hydrogens is 180 g/mol. The number of hydrogen-bond acceptors (Lipinski definition) is 2. The molecule has 1 heterocycles. The van der Waals surface area contributed by atoms with Gasteiger partial charge in [-0.15, -0.1) is 0 Å². The summed E-state index contributed by atoms with van der Waals surface area (Å²) < 4.78 is 24.4. The Morgan fingerprint density at radius 2 is 2.15 bits per heavy atom. The number of alkyl halides is 2. The Balaban J connectivity index is 3.37. The highest BCUT2D eigenvalue weighted by Crippen LogP contribution is 2.18. The summed E-state index contributed by atoms with van der Waals surface area (Å²) in [5, 5.41) is 0. The van der Waals surface area contributed by atoms with Gasteiger partial charge in [0.15, 0.2) is 6.29 Å². The monoisotopic (exact) mass is 187 g/mol. The lowest BCUT2D eigenvalue weighted by molar-refractivity contribution is 0.112. The van der Waals surface area contributed by atoms with E-state index in [1.165, 1.54) is 6.92 Å². The zero-order chi connectivity index (χ0) is 10.0. The molecule has 13 heavy (non-hydrogen) atoms. The van der Waals surface area contributed by atoms with Crippen molar-refractivity contribution in [3.8, 4) is 0 Å². The molecular formula is C8H7F2NO2. The minimum atomic E-state index is -2.73. The van der Waals surface area contributed by atoms with Gasteiger partial charge in [-0.1, -0.05) is 0 Å². The normalized spacial score (nSPS) is 10.5. The van der Waals surface area contributed by atoms with Gasteiger partial charge in [-0.25, -0.2) is 8.78 Å². The summed E-state index contributed by atoms with van der Waals surface area (Å²) >= 11 is 0. The molecule has 0 radical (unpaired) electrons. The van der Waals surface area contributed by atoms with Gasteiger partial charge in [0.05, 0.1) is 11.3 Å². The van der Waals surface area contributed by atoms with Crippen molar-refractivity contribution in [2.24, 2.45) is 0 Å². The van der Waals surface area contributed by atoms with Crippen LogP contribution in [-0.2, 0) is 0 Å². The van der Waals surface area contributed by atoms with Gasteiger partial charge in [0, 0.05) is 0 Å². The number of aryl methyl sites for hydroxylation is 1. The molecule has 0 unspecified atom stereocenters. The molecule has 0 aliphatic rings. The highest BCUT2D eigenvalue weighted by atomic mass is 19.3. The Hall–Kier alpha value is -1.52. The number of H-pyrrole nitrogens is 1. The minimum absolute atomic E-state index is 0.137. The summed E-state index contributed by atoms with van der Waals surface area (Å²) in [6, 6.07) is 1.15. The van der Waals surface area contributed by atoms with Crippen molar-refractivity contribution in [3.63, 3.8) is 0 Å². The molecule has 70 valence electrons. The first-order chi connectivity index (χ1) is 6.06. The van der Waals surface area contributed by atoms with Gasteiger partial charge in [0.2, 0.25) is 0 Å². The summed E-state index contributed by atoms with van der Waals surface area (Å²) in [7, 11) is 0. The summed E-state index contributed by atoms with van der Waals surface area (Å²) in [5.74, 6) is 0. The van der Waals surface area contributed by atoms with Crippen molar-refractivity contribution in [1.82, 2.24) is 4.98 Å². The van der Waals surface area contributed by atoms with Crippen LogP contribution in [0.3, 0.4) is 0 Å². The van der Waals surface area contributed by atoms with Crippen LogP contribution in [-0.4, -0.2) is 11.3 Å². The Morgan fingerprint density at radius 1 is 1.54 bits per heavy atom. The van der Waals surface area contributed by atoms with Crippen LogP contribution >= 0.6 is 0 Å². The van der Waals surface area contributed by atoms with Gasteiger partial charge >= 0.3 is 0 Å². The number of hydrogen-bond donors (Lipinski definition) is 1. The van der Waals surface area contributed by atoms with Crippen molar-refractivity contribution in [3.05, 3.63) is 33.2 Å². The second-order valence-electron chi connectivity index (χ2n) is 2.57. The second kappa shape index (κ2) is 3.47. The number of aromatic nitrogens is 1. The third-order valence-corrected chi connectivity index (χ3v) is 1.65. The van der Waals surface area contributed by atoms with Gasteiger partial charge in [0.25, 0.3) is 12.0 Å². The average molecular weight is 187 g/mol. The topological polar surface area (TPSA) is 49.9 Å². The lowest BCUT2D eigenvalue weighted by Gasteiger charge is -2.03. The summed E-state index contributed by atoms with van der Waals surface area (Å²) in [6.07, 6.45) is -2.39. The molecule has 1 aromatic heterocycles. The molecule has 1 aromatic rings. The molecule has 0 aliphatic heterocycles. The Bertz CT molecular complexity index is 384. The quantitative estimate of drug-likeness (QED) is 0.712. The summed E-state index contributed by atoms with van der Waals surface area (Å²) in [5.41, 5.74) is -1.15. The van der Waals surface area contributed by atoms with Crippen LogP contribution in [0.2, 0.25) is 0 Å². The number of carbonyl (C=O) groups is 1. The Morgan fingerprint density at radius 3 is 2.62 bits per heavy atom. The number of aldehydes is 1. The van der Waals surface area contributed by atoms with E-state index >= 15 is 0 Å². The van der Waals surface area contributed by atoms with E-state index in [2.05, 4.69) is 0 Å². The lowest BCUT2D eigenvalue weighted by Crippen LogP contribution is -2.15. The molecule has 0 saturated carbocycles. The van der Waals surface area contributed by atoms with Crippen LogP contribution in [0.4, 0.5) is 8.78 Å². The standard InChI is InChI=1S/C8H7F2NO2/c1-4-2-5(3-12)8(13)11-6(4)7(9)10/h2-3,7H,1H3,(H,11,13). The SMILES string of the molecule is Cc1cc(C=O)c(=O)[nH]c1C(F)F. The molecule has 0 aromatic carbocycles. The fourth-order valence-electron chi connectivity index (χ4n) is 0.984. The Labute approximate surface area is 72.4 Å². The molecule has 1 rings (SSSR count). The van der Waals surface area contributed by atoms with Gasteiger partial charge in [0.1, 0.15) is 0 Å². The van der Waals surface area contributed by atoms with Gasteiger partial charge in [-0.3, -0.25) is 9.59 Å². The fourth-order valence-corrected chi connectivity index (χ4v) is 0.984. The maximum Gasteiger partial charge on any atom is 0.278 e. The maximum atomic E-state index is 12.2. The Kier molecular flexibility index (Phi) is 2.55. The van der Waals surface area contributed by atoms with E-state index in [1.807, 2.05) is 4.98 Å². The molecule has 0 spiro atoms. The van der Waals surface area contributed by atoms with E-state index in [1.54, 1.807) is 0 Å². The molecule has 0 bridgehead atoms. The summed E-state index contributed by atoms with van der Waals surface area (Å²) in [4.78, 5) is 23.1. The van der Waals surface area contributed by atoms with E-state index in [4.69, 9.17) is 0 Å². The minimum Gasteiger partial charge on any atom is -0.320 e. The van der Waals surface area contributed by atoms with Gasteiger partial charge < -0.3 is 4.98 Å². The zero-order valence-corrected chi connectivity index (χ0v) is 6.80. The molecule has 1 N–H and O–H groups in total. The third-order valence-electron chi connectivity index (χ3n) is 1.65. The van der Waals surface area contributed by atoms with Crippen LogP contribution in [0.25, 0.3) is 0 Å². The molecule has 5 heteroatoms. The van der Waals surface area contributed by atoms with Gasteiger partial charge in [-0.05, 0) is 18.6 Å². The van der Waals surface area contributed by atoms with E-state index in [0.29, 0.717) is 6.29 Å². The van der Waals surface area contributed by atoms with E-state index < -0.39 is 17.7 Å². The molecule has 3 nitrogen and oxygen atoms in total. The molecule has 0 fully saturated rings. The first-order valence-corrected chi connectivity index (χ1v) is 3.53. The van der Waals surface area contributed by atoms with E-state index in [-0.39, 0.29) is 11.1 Å². The number of rotatable bonds is 2. The first-order valence-electron chi connectivity index (χ1n) is 3.53. The van der Waals surface area contributed by atoms with Gasteiger partial charge in [-0.2, -0.15) is 0 Å². The van der Waals surface area contributed by atoms with E-state index in [0.717, 1.165) is 6.07 Å². The molecule has 0 saturated heterocycles. The largest absolute Gasteiger partial charge is 0.320 e. The molecule has 0 aliphatic carbocycles. The predicted molar refractivity (Wildman–Crippen MR) is 42.1 cm³/mol. The molecule has 0 atom stereocenters. The number of nitrogens with one attached hydrogen (secondary N) is 1. The fraction of sp³-hybridized carbons (Fsp3) is 0.250.